The van der Waals surface area contributed by atoms with E-state index in [0.717, 1.165) is 17.0 Å². The summed E-state index contributed by atoms with van der Waals surface area (Å²) in [5.41, 5.74) is 3.23. The lowest BCUT2D eigenvalue weighted by molar-refractivity contribution is -0.116. The van der Waals surface area contributed by atoms with Gasteiger partial charge in [0.1, 0.15) is 12.4 Å². The zero-order valence-corrected chi connectivity index (χ0v) is 12.8. The summed E-state index contributed by atoms with van der Waals surface area (Å²) in [5.74, 6) is 0.852. The fourth-order valence-electron chi connectivity index (χ4n) is 2.20. The summed E-state index contributed by atoms with van der Waals surface area (Å²) in [4.78, 5) is 13.6. The van der Waals surface area contributed by atoms with E-state index in [4.69, 9.17) is 4.74 Å². The van der Waals surface area contributed by atoms with Crippen LogP contribution in [0.1, 0.15) is 18.1 Å². The van der Waals surface area contributed by atoms with Gasteiger partial charge in [-0.1, -0.05) is 35.9 Å². The molecule has 0 aliphatic carbocycles. The normalized spacial score (nSPS) is 10.2. The Kier molecular flexibility index (Phi) is 4.99. The number of carbonyl (C=O) groups is 1. The quantitative estimate of drug-likeness (QED) is 0.836. The molecule has 3 heteroatoms. The van der Waals surface area contributed by atoms with Crippen molar-refractivity contribution < 1.29 is 9.53 Å². The van der Waals surface area contributed by atoms with Crippen LogP contribution < -0.4 is 9.64 Å². The Morgan fingerprint density at radius 1 is 1.05 bits per heavy atom. The lowest BCUT2D eigenvalue weighted by atomic mass is 10.2. The van der Waals surface area contributed by atoms with Gasteiger partial charge in [0, 0.05) is 12.6 Å². The van der Waals surface area contributed by atoms with Gasteiger partial charge in [-0.25, -0.2) is 0 Å². The molecule has 0 heterocycles. The number of anilines is 1. The summed E-state index contributed by atoms with van der Waals surface area (Å²) in [6.07, 6.45) is 0. The lowest BCUT2D eigenvalue weighted by Gasteiger charge is -2.23. The second kappa shape index (κ2) is 6.93. The Labute approximate surface area is 126 Å². The van der Waals surface area contributed by atoms with Crippen LogP contribution in [0.15, 0.2) is 48.5 Å². The van der Waals surface area contributed by atoms with Gasteiger partial charge in [0.15, 0.2) is 0 Å². The summed E-state index contributed by atoms with van der Waals surface area (Å²) >= 11 is 0. The molecule has 0 N–H and O–H groups in total. The number of benzene rings is 2. The molecular formula is C18H21NO2. The van der Waals surface area contributed by atoms with E-state index in [1.807, 2.05) is 62.4 Å². The molecule has 0 radical (unpaired) electrons. The standard InChI is InChI=1S/C18H21NO2/c1-14-8-10-17(11-9-14)21-13-12-19(16(3)20)18-7-5-4-6-15(18)2/h4-11H,12-13H2,1-3H3. The molecule has 2 aromatic rings. The molecule has 2 rings (SSSR count). The number of ether oxygens (including phenoxy) is 1. The van der Waals surface area contributed by atoms with Gasteiger partial charge in [-0.2, -0.15) is 0 Å². The van der Waals surface area contributed by atoms with Gasteiger partial charge < -0.3 is 9.64 Å². The maximum Gasteiger partial charge on any atom is 0.223 e. The highest BCUT2D eigenvalue weighted by Crippen LogP contribution is 2.19. The molecule has 0 saturated heterocycles. The van der Waals surface area contributed by atoms with Crippen molar-refractivity contribution in [1.29, 1.82) is 0 Å². The second-order valence-corrected chi connectivity index (χ2v) is 5.12. The largest absolute Gasteiger partial charge is 0.492 e. The first-order valence-electron chi connectivity index (χ1n) is 7.11. The monoisotopic (exact) mass is 283 g/mol. The third-order valence-electron chi connectivity index (χ3n) is 3.39. The molecular weight excluding hydrogens is 262 g/mol. The first-order valence-corrected chi connectivity index (χ1v) is 7.11. The van der Waals surface area contributed by atoms with Crippen LogP contribution in [0, 0.1) is 13.8 Å². The van der Waals surface area contributed by atoms with Crippen LogP contribution in [0.2, 0.25) is 0 Å². The minimum absolute atomic E-state index is 0.0248. The van der Waals surface area contributed by atoms with Gasteiger partial charge in [0.2, 0.25) is 5.91 Å². The summed E-state index contributed by atoms with van der Waals surface area (Å²) in [7, 11) is 0. The van der Waals surface area contributed by atoms with E-state index < -0.39 is 0 Å². The zero-order chi connectivity index (χ0) is 15.2. The number of hydrogen-bond donors (Lipinski definition) is 0. The fourth-order valence-corrected chi connectivity index (χ4v) is 2.20. The molecule has 0 aliphatic heterocycles. The lowest BCUT2D eigenvalue weighted by Crippen LogP contribution is -2.33. The van der Waals surface area contributed by atoms with Crippen LogP contribution >= 0.6 is 0 Å². The third-order valence-corrected chi connectivity index (χ3v) is 3.39. The number of amides is 1. The third kappa shape index (κ3) is 4.09. The van der Waals surface area contributed by atoms with Gasteiger partial charge in [0.05, 0.1) is 6.54 Å². The number of hydrogen-bond acceptors (Lipinski definition) is 2. The highest BCUT2D eigenvalue weighted by Gasteiger charge is 2.13. The van der Waals surface area contributed by atoms with E-state index in [1.54, 1.807) is 11.8 Å². The molecule has 0 atom stereocenters. The van der Waals surface area contributed by atoms with E-state index in [1.165, 1.54) is 5.56 Å². The Bertz CT molecular complexity index is 605. The van der Waals surface area contributed by atoms with Crippen molar-refractivity contribution in [1.82, 2.24) is 0 Å². The first kappa shape index (κ1) is 15.1. The molecule has 110 valence electrons. The summed E-state index contributed by atoms with van der Waals surface area (Å²) < 4.78 is 5.71. The van der Waals surface area contributed by atoms with Crippen LogP contribution in [0.3, 0.4) is 0 Å². The van der Waals surface area contributed by atoms with Crippen molar-refractivity contribution >= 4 is 11.6 Å². The number of aryl methyl sites for hydroxylation is 2. The Morgan fingerprint density at radius 2 is 1.71 bits per heavy atom. The smallest absolute Gasteiger partial charge is 0.223 e. The summed E-state index contributed by atoms with van der Waals surface area (Å²) in [6, 6.07) is 15.8. The maximum atomic E-state index is 11.9. The van der Waals surface area contributed by atoms with Crippen molar-refractivity contribution in [2.45, 2.75) is 20.8 Å². The molecule has 21 heavy (non-hydrogen) atoms. The maximum absolute atomic E-state index is 11.9. The highest BCUT2D eigenvalue weighted by atomic mass is 16.5. The number of carbonyl (C=O) groups excluding carboxylic acids is 1. The van der Waals surface area contributed by atoms with Crippen molar-refractivity contribution in [3.05, 3.63) is 59.7 Å². The Hall–Kier alpha value is -2.29. The summed E-state index contributed by atoms with van der Waals surface area (Å²) in [5, 5.41) is 0. The van der Waals surface area contributed by atoms with E-state index >= 15 is 0 Å². The predicted molar refractivity (Wildman–Crippen MR) is 85.9 cm³/mol. The average molecular weight is 283 g/mol. The topological polar surface area (TPSA) is 29.5 Å². The molecule has 0 unspecified atom stereocenters. The predicted octanol–water partition coefficient (Wildman–Crippen LogP) is 3.74. The van der Waals surface area contributed by atoms with Crippen molar-refractivity contribution in [3.8, 4) is 5.75 Å². The Balaban J connectivity index is 2.00. The van der Waals surface area contributed by atoms with Gasteiger partial charge >= 0.3 is 0 Å². The SMILES string of the molecule is CC(=O)N(CCOc1ccc(C)cc1)c1ccccc1C. The van der Waals surface area contributed by atoms with Gasteiger partial charge in [-0.05, 0) is 37.6 Å². The van der Waals surface area contributed by atoms with Gasteiger partial charge in [0.25, 0.3) is 0 Å². The molecule has 0 saturated carbocycles. The zero-order valence-electron chi connectivity index (χ0n) is 12.8. The van der Waals surface area contributed by atoms with E-state index in [-0.39, 0.29) is 5.91 Å². The van der Waals surface area contributed by atoms with Crippen LogP contribution in [0.25, 0.3) is 0 Å². The second-order valence-electron chi connectivity index (χ2n) is 5.12. The van der Waals surface area contributed by atoms with Crippen molar-refractivity contribution in [3.63, 3.8) is 0 Å². The van der Waals surface area contributed by atoms with Crippen molar-refractivity contribution in [2.75, 3.05) is 18.1 Å². The van der Waals surface area contributed by atoms with Crippen LogP contribution in [-0.4, -0.2) is 19.1 Å². The number of para-hydroxylation sites is 1. The Morgan fingerprint density at radius 3 is 2.33 bits per heavy atom. The number of nitrogens with zero attached hydrogens (tertiary/aromatic N) is 1. The molecule has 3 nitrogen and oxygen atoms in total. The van der Waals surface area contributed by atoms with Crippen LogP contribution in [0.5, 0.6) is 5.75 Å². The molecule has 1 amide bonds. The minimum Gasteiger partial charge on any atom is -0.492 e. The molecule has 0 spiro atoms. The van der Waals surface area contributed by atoms with Gasteiger partial charge in [-0.3, -0.25) is 4.79 Å². The number of rotatable bonds is 5. The average Bonchev–Trinajstić information content (AvgIpc) is 2.46. The molecule has 0 fully saturated rings. The highest BCUT2D eigenvalue weighted by molar-refractivity contribution is 5.92. The van der Waals surface area contributed by atoms with E-state index in [0.29, 0.717) is 13.2 Å². The minimum atomic E-state index is 0.0248. The molecule has 0 bridgehead atoms. The van der Waals surface area contributed by atoms with Crippen LogP contribution in [-0.2, 0) is 4.79 Å². The fraction of sp³-hybridized carbons (Fsp3) is 0.278. The summed E-state index contributed by atoms with van der Waals surface area (Å²) in [6.45, 7) is 6.63. The molecule has 2 aromatic carbocycles. The van der Waals surface area contributed by atoms with E-state index in [2.05, 4.69) is 0 Å². The van der Waals surface area contributed by atoms with Crippen LogP contribution in [0.4, 0.5) is 5.69 Å². The van der Waals surface area contributed by atoms with Crippen molar-refractivity contribution in [2.24, 2.45) is 0 Å². The van der Waals surface area contributed by atoms with Gasteiger partial charge in [-0.15, -0.1) is 0 Å². The van der Waals surface area contributed by atoms with E-state index in [9.17, 15) is 4.79 Å². The molecule has 0 aliphatic rings. The molecule has 0 aromatic heterocycles. The first-order chi connectivity index (χ1) is 10.1.